The second-order valence-electron chi connectivity index (χ2n) is 12.3. The normalized spacial score (nSPS) is 19.8. The Labute approximate surface area is 254 Å². The third kappa shape index (κ3) is 9.40. The van der Waals surface area contributed by atoms with E-state index in [-0.39, 0.29) is 36.6 Å². The maximum Gasteiger partial charge on any atom is 0.307 e. The standard InChI is InChI=1S/C35H46N2O6/c38-32(39)21-23-37(22-20-28(26-14-6-2-7-15-26)27-16-8-3-9-17-27)34(41)31(24-25-12-4-1-5-13-25)36-33(40)29-18-10-11-19-30(29)35(42)43/h2-3,6-9,14-17,25,28-31H,1,4-5,10-13,18-24H2,(H,36,40)(H,38,39)(H,42,43)/t29-,30-,31+/m1/s1. The summed E-state index contributed by atoms with van der Waals surface area (Å²) in [4.78, 5) is 53.0. The van der Waals surface area contributed by atoms with Crippen molar-refractivity contribution in [1.82, 2.24) is 10.2 Å². The van der Waals surface area contributed by atoms with Gasteiger partial charge in [0.05, 0.1) is 18.3 Å². The van der Waals surface area contributed by atoms with Crippen molar-refractivity contribution in [2.75, 3.05) is 13.1 Å². The van der Waals surface area contributed by atoms with E-state index in [9.17, 15) is 29.4 Å². The Kier molecular flexibility index (Phi) is 12.2. The largest absolute Gasteiger partial charge is 0.481 e. The molecule has 43 heavy (non-hydrogen) atoms. The number of benzene rings is 2. The molecule has 3 atom stereocenters. The van der Waals surface area contributed by atoms with Gasteiger partial charge < -0.3 is 20.4 Å². The molecule has 8 nitrogen and oxygen atoms in total. The molecule has 3 N–H and O–H groups in total. The first kappa shape index (κ1) is 32.2. The summed E-state index contributed by atoms with van der Waals surface area (Å²) in [6.07, 6.45) is 8.70. The highest BCUT2D eigenvalue weighted by Gasteiger charge is 2.38. The second kappa shape index (κ2) is 16.2. The summed E-state index contributed by atoms with van der Waals surface area (Å²) in [5.41, 5.74) is 2.23. The topological polar surface area (TPSA) is 124 Å². The van der Waals surface area contributed by atoms with Crippen LogP contribution in [0.15, 0.2) is 60.7 Å². The number of carboxylic acids is 2. The van der Waals surface area contributed by atoms with Crippen LogP contribution in [0.25, 0.3) is 0 Å². The summed E-state index contributed by atoms with van der Waals surface area (Å²) in [5.74, 6) is -3.72. The number of nitrogens with zero attached hydrogens (tertiary/aromatic N) is 1. The molecule has 0 bridgehead atoms. The molecule has 2 aliphatic rings. The lowest BCUT2D eigenvalue weighted by Gasteiger charge is -2.34. The van der Waals surface area contributed by atoms with Crippen molar-refractivity contribution in [2.24, 2.45) is 17.8 Å². The van der Waals surface area contributed by atoms with Crippen molar-refractivity contribution in [1.29, 1.82) is 0 Å². The van der Waals surface area contributed by atoms with Crippen LogP contribution < -0.4 is 5.32 Å². The minimum atomic E-state index is -0.986. The van der Waals surface area contributed by atoms with Crippen LogP contribution >= 0.6 is 0 Å². The zero-order chi connectivity index (χ0) is 30.6. The minimum absolute atomic E-state index is 0.00692. The van der Waals surface area contributed by atoms with E-state index in [1.54, 1.807) is 4.90 Å². The number of hydrogen-bond donors (Lipinski definition) is 3. The van der Waals surface area contributed by atoms with Gasteiger partial charge in [0, 0.05) is 19.0 Å². The van der Waals surface area contributed by atoms with Gasteiger partial charge in [0.25, 0.3) is 0 Å². The molecule has 2 aliphatic carbocycles. The van der Waals surface area contributed by atoms with Crippen LogP contribution in [-0.4, -0.2) is 58.0 Å². The average Bonchev–Trinajstić information content (AvgIpc) is 3.03. The van der Waals surface area contributed by atoms with E-state index in [1.165, 1.54) is 0 Å². The summed E-state index contributed by atoms with van der Waals surface area (Å²) in [6.45, 7) is 0.376. The third-order valence-electron chi connectivity index (χ3n) is 9.33. The van der Waals surface area contributed by atoms with E-state index in [2.05, 4.69) is 29.6 Å². The van der Waals surface area contributed by atoms with Crippen LogP contribution in [0, 0.1) is 17.8 Å². The lowest BCUT2D eigenvalue weighted by Crippen LogP contribution is -2.53. The first-order chi connectivity index (χ1) is 20.8. The highest BCUT2D eigenvalue weighted by atomic mass is 16.4. The molecular formula is C35H46N2O6. The van der Waals surface area contributed by atoms with Crippen LogP contribution in [0.3, 0.4) is 0 Å². The van der Waals surface area contributed by atoms with Gasteiger partial charge in [-0.1, -0.05) is 106 Å². The maximum atomic E-state index is 14.3. The first-order valence-electron chi connectivity index (χ1n) is 16.0. The van der Waals surface area contributed by atoms with E-state index in [1.807, 2.05) is 36.4 Å². The monoisotopic (exact) mass is 590 g/mol. The summed E-state index contributed by atoms with van der Waals surface area (Å²) < 4.78 is 0. The lowest BCUT2D eigenvalue weighted by molar-refractivity contribution is -0.149. The zero-order valence-electron chi connectivity index (χ0n) is 25.0. The smallest absolute Gasteiger partial charge is 0.307 e. The molecular weight excluding hydrogens is 544 g/mol. The fourth-order valence-electron chi connectivity index (χ4n) is 6.96. The molecule has 2 amide bonds. The number of carboxylic acid groups (broad SMARTS) is 2. The van der Waals surface area contributed by atoms with Crippen LogP contribution in [0.5, 0.6) is 0 Å². The van der Waals surface area contributed by atoms with Crippen molar-refractivity contribution in [3.8, 4) is 0 Å². The molecule has 2 fully saturated rings. The van der Waals surface area contributed by atoms with Crippen molar-refractivity contribution >= 4 is 23.8 Å². The predicted molar refractivity (Wildman–Crippen MR) is 164 cm³/mol. The van der Waals surface area contributed by atoms with E-state index in [0.717, 1.165) is 56.1 Å². The molecule has 232 valence electrons. The van der Waals surface area contributed by atoms with Gasteiger partial charge in [-0.15, -0.1) is 0 Å². The number of rotatable bonds is 14. The average molecular weight is 591 g/mol. The van der Waals surface area contributed by atoms with Crippen LogP contribution in [-0.2, 0) is 19.2 Å². The molecule has 0 unspecified atom stereocenters. The van der Waals surface area contributed by atoms with Crippen LogP contribution in [0.4, 0.5) is 0 Å². The Morgan fingerprint density at radius 1 is 0.744 bits per heavy atom. The van der Waals surface area contributed by atoms with E-state index < -0.39 is 29.8 Å². The molecule has 0 aliphatic heterocycles. The number of nitrogens with one attached hydrogen (secondary N) is 1. The van der Waals surface area contributed by atoms with Gasteiger partial charge in [-0.3, -0.25) is 19.2 Å². The number of hydrogen-bond acceptors (Lipinski definition) is 4. The van der Waals surface area contributed by atoms with Gasteiger partial charge in [-0.2, -0.15) is 0 Å². The van der Waals surface area contributed by atoms with Crippen molar-refractivity contribution < 1.29 is 29.4 Å². The number of amides is 2. The van der Waals surface area contributed by atoms with Gasteiger partial charge in [0.2, 0.25) is 11.8 Å². The molecule has 0 heterocycles. The quantitative estimate of drug-likeness (QED) is 0.253. The highest BCUT2D eigenvalue weighted by Crippen LogP contribution is 2.33. The highest BCUT2D eigenvalue weighted by molar-refractivity contribution is 5.90. The molecule has 4 rings (SSSR count). The SMILES string of the molecule is O=C(O)CCN(CCC(c1ccccc1)c1ccccc1)C(=O)[C@H](CC1CCCCC1)NC(=O)[C@@H]1CCCC[C@H]1C(=O)O. The molecule has 0 spiro atoms. The minimum Gasteiger partial charge on any atom is -0.481 e. The summed E-state index contributed by atoms with van der Waals surface area (Å²) in [7, 11) is 0. The Morgan fingerprint density at radius 2 is 1.30 bits per heavy atom. The molecule has 2 aromatic carbocycles. The number of carbonyl (C=O) groups excluding carboxylic acids is 2. The molecule has 2 saturated carbocycles. The van der Waals surface area contributed by atoms with Gasteiger partial charge in [0.1, 0.15) is 6.04 Å². The summed E-state index contributed by atoms with van der Waals surface area (Å²) >= 11 is 0. The van der Waals surface area contributed by atoms with E-state index >= 15 is 0 Å². The zero-order valence-corrected chi connectivity index (χ0v) is 25.0. The Bertz CT molecular complexity index is 1160. The molecule has 0 saturated heterocycles. The Hall–Kier alpha value is -3.68. The van der Waals surface area contributed by atoms with Gasteiger partial charge in [0.15, 0.2) is 0 Å². The fraction of sp³-hybridized carbons (Fsp3) is 0.543. The van der Waals surface area contributed by atoms with Crippen LogP contribution in [0.2, 0.25) is 0 Å². The summed E-state index contributed by atoms with van der Waals surface area (Å²) in [5, 5.41) is 22.3. The van der Waals surface area contributed by atoms with E-state index in [4.69, 9.17) is 0 Å². The van der Waals surface area contributed by atoms with Crippen molar-refractivity contribution in [2.45, 2.75) is 89.0 Å². The lowest BCUT2D eigenvalue weighted by atomic mass is 9.78. The van der Waals surface area contributed by atoms with Gasteiger partial charge in [-0.25, -0.2) is 0 Å². The second-order valence-corrected chi connectivity index (χ2v) is 12.3. The Balaban J connectivity index is 1.56. The molecule has 0 radical (unpaired) electrons. The first-order valence-corrected chi connectivity index (χ1v) is 16.0. The van der Waals surface area contributed by atoms with Crippen molar-refractivity contribution in [3.63, 3.8) is 0 Å². The molecule has 0 aromatic heterocycles. The van der Waals surface area contributed by atoms with Gasteiger partial charge in [-0.05, 0) is 42.7 Å². The third-order valence-corrected chi connectivity index (χ3v) is 9.33. The number of aliphatic carboxylic acids is 2. The van der Waals surface area contributed by atoms with Crippen molar-refractivity contribution in [3.05, 3.63) is 71.8 Å². The van der Waals surface area contributed by atoms with E-state index in [0.29, 0.717) is 32.2 Å². The van der Waals surface area contributed by atoms with Gasteiger partial charge >= 0.3 is 11.9 Å². The number of carbonyl (C=O) groups is 4. The maximum absolute atomic E-state index is 14.3. The fourth-order valence-corrected chi connectivity index (χ4v) is 6.96. The molecule has 8 heteroatoms. The summed E-state index contributed by atoms with van der Waals surface area (Å²) in [6, 6.07) is 19.3. The molecule has 2 aromatic rings. The Morgan fingerprint density at radius 3 is 1.86 bits per heavy atom. The predicted octanol–water partition coefficient (Wildman–Crippen LogP) is 5.86. The van der Waals surface area contributed by atoms with Crippen LogP contribution in [0.1, 0.15) is 94.1 Å².